The summed E-state index contributed by atoms with van der Waals surface area (Å²) < 4.78 is 0. The van der Waals surface area contributed by atoms with Gasteiger partial charge in [0.1, 0.15) is 0 Å². The lowest BCUT2D eigenvalue weighted by atomic mass is 9.73. The molecule has 0 spiro atoms. The minimum absolute atomic E-state index is 0.103. The molecule has 2 unspecified atom stereocenters. The molecular formula is C18H22ClNOS. The second-order valence-corrected chi connectivity index (χ2v) is 8.48. The van der Waals surface area contributed by atoms with Gasteiger partial charge < -0.3 is 5.11 Å². The molecule has 2 aliphatic rings. The van der Waals surface area contributed by atoms with E-state index in [9.17, 15) is 5.11 Å². The molecule has 1 aromatic rings. The fourth-order valence-corrected chi connectivity index (χ4v) is 4.41. The molecule has 0 aromatic heterocycles. The number of nitrogens with zero attached hydrogens (tertiary/aromatic N) is 1. The quantitative estimate of drug-likeness (QED) is 0.859. The summed E-state index contributed by atoms with van der Waals surface area (Å²) in [6.07, 6.45) is 4.88. The van der Waals surface area contributed by atoms with E-state index in [2.05, 4.69) is 24.9 Å². The van der Waals surface area contributed by atoms with Crippen LogP contribution in [0.5, 0.6) is 0 Å². The first-order valence-electron chi connectivity index (χ1n) is 7.73. The van der Waals surface area contributed by atoms with Crippen molar-refractivity contribution in [3.8, 4) is 0 Å². The van der Waals surface area contributed by atoms with E-state index in [1.54, 1.807) is 11.8 Å². The SMILES string of the molecule is CC1(C)CCC(=Cc2ccc(Cl)cc2)C1(O)CC1CN=CS1. The summed E-state index contributed by atoms with van der Waals surface area (Å²) in [4.78, 5) is 4.30. The molecule has 0 saturated heterocycles. The number of aliphatic hydroxyl groups is 1. The highest BCUT2D eigenvalue weighted by molar-refractivity contribution is 8.12. The van der Waals surface area contributed by atoms with Crippen molar-refractivity contribution in [2.45, 2.75) is 44.0 Å². The molecule has 1 saturated carbocycles. The Morgan fingerprint density at radius 3 is 2.73 bits per heavy atom. The molecule has 1 aliphatic heterocycles. The summed E-state index contributed by atoms with van der Waals surface area (Å²) in [5.41, 5.74) is 3.31. The van der Waals surface area contributed by atoms with E-state index in [-0.39, 0.29) is 5.41 Å². The highest BCUT2D eigenvalue weighted by Crippen LogP contribution is 2.53. The molecule has 1 aromatic carbocycles. The Hall–Kier alpha value is -0.770. The van der Waals surface area contributed by atoms with Crippen molar-refractivity contribution in [3.63, 3.8) is 0 Å². The topological polar surface area (TPSA) is 32.6 Å². The Morgan fingerprint density at radius 1 is 1.36 bits per heavy atom. The summed E-state index contributed by atoms with van der Waals surface area (Å²) >= 11 is 7.70. The number of hydrogen-bond donors (Lipinski definition) is 1. The summed E-state index contributed by atoms with van der Waals surface area (Å²) in [6, 6.07) is 7.81. The zero-order valence-electron chi connectivity index (χ0n) is 13.1. The Labute approximate surface area is 141 Å². The van der Waals surface area contributed by atoms with E-state index < -0.39 is 5.60 Å². The van der Waals surface area contributed by atoms with Crippen LogP contribution >= 0.6 is 23.4 Å². The Morgan fingerprint density at radius 2 is 2.09 bits per heavy atom. The minimum Gasteiger partial charge on any atom is -0.385 e. The van der Waals surface area contributed by atoms with E-state index in [0.29, 0.717) is 5.25 Å². The number of halogens is 1. The van der Waals surface area contributed by atoms with Gasteiger partial charge in [-0.05, 0) is 47.9 Å². The fourth-order valence-electron chi connectivity index (χ4n) is 3.43. The molecular weight excluding hydrogens is 314 g/mol. The van der Waals surface area contributed by atoms with Gasteiger partial charge in [-0.25, -0.2) is 0 Å². The molecule has 2 atom stereocenters. The second kappa shape index (κ2) is 6.03. The first-order chi connectivity index (χ1) is 10.4. The lowest BCUT2D eigenvalue weighted by molar-refractivity contribution is -0.0196. The third-order valence-corrected chi connectivity index (χ3v) is 6.26. The van der Waals surface area contributed by atoms with Crippen LogP contribution in [0.25, 0.3) is 6.08 Å². The molecule has 0 amide bonds. The Balaban J connectivity index is 1.89. The van der Waals surface area contributed by atoms with Crippen molar-refractivity contribution in [2.24, 2.45) is 10.4 Å². The van der Waals surface area contributed by atoms with Crippen LogP contribution in [0.1, 0.15) is 38.7 Å². The zero-order valence-corrected chi connectivity index (χ0v) is 14.6. The van der Waals surface area contributed by atoms with Crippen molar-refractivity contribution in [1.82, 2.24) is 0 Å². The standard InChI is InChI=1S/C18H22ClNOS/c1-17(2)8-7-14(9-13-3-5-15(19)6-4-13)18(17,21)10-16-11-20-12-22-16/h3-6,9,12,16,21H,7-8,10-11H2,1-2H3. The van der Waals surface area contributed by atoms with Gasteiger partial charge in [-0.15, -0.1) is 11.8 Å². The molecule has 4 heteroatoms. The van der Waals surface area contributed by atoms with Crippen molar-refractivity contribution in [2.75, 3.05) is 6.54 Å². The smallest absolute Gasteiger partial charge is 0.0922 e. The van der Waals surface area contributed by atoms with Crippen molar-refractivity contribution < 1.29 is 5.11 Å². The van der Waals surface area contributed by atoms with Gasteiger partial charge in [0.05, 0.1) is 17.7 Å². The molecule has 1 N–H and O–H groups in total. The van der Waals surface area contributed by atoms with Crippen molar-refractivity contribution >= 4 is 35.0 Å². The van der Waals surface area contributed by atoms with Crippen LogP contribution in [-0.4, -0.2) is 28.0 Å². The number of aliphatic imine (C=N–C) groups is 1. The van der Waals surface area contributed by atoms with Crippen LogP contribution < -0.4 is 0 Å². The number of rotatable bonds is 3. The van der Waals surface area contributed by atoms with Gasteiger partial charge in [0, 0.05) is 10.3 Å². The highest BCUT2D eigenvalue weighted by Gasteiger charge is 2.51. The first kappa shape index (κ1) is 16.1. The van der Waals surface area contributed by atoms with Gasteiger partial charge in [-0.1, -0.05) is 43.7 Å². The second-order valence-electron chi connectivity index (χ2n) is 6.90. The molecule has 1 aliphatic carbocycles. The lowest BCUT2D eigenvalue weighted by Gasteiger charge is -2.39. The van der Waals surface area contributed by atoms with Gasteiger partial charge in [0.2, 0.25) is 0 Å². The predicted octanol–water partition coefficient (Wildman–Crippen LogP) is 4.81. The van der Waals surface area contributed by atoms with Crippen LogP contribution in [-0.2, 0) is 0 Å². The predicted molar refractivity (Wildman–Crippen MR) is 96.7 cm³/mol. The third kappa shape index (κ3) is 2.99. The molecule has 0 radical (unpaired) electrons. The molecule has 3 rings (SSSR count). The molecule has 22 heavy (non-hydrogen) atoms. The molecule has 1 fully saturated rings. The van der Waals surface area contributed by atoms with Crippen LogP contribution in [0, 0.1) is 5.41 Å². The van der Waals surface area contributed by atoms with Gasteiger partial charge >= 0.3 is 0 Å². The fraction of sp³-hybridized carbons (Fsp3) is 0.500. The van der Waals surface area contributed by atoms with Gasteiger partial charge in [-0.3, -0.25) is 4.99 Å². The van der Waals surface area contributed by atoms with E-state index >= 15 is 0 Å². The van der Waals surface area contributed by atoms with Gasteiger partial charge in [-0.2, -0.15) is 0 Å². The van der Waals surface area contributed by atoms with Crippen LogP contribution in [0.4, 0.5) is 0 Å². The van der Waals surface area contributed by atoms with E-state index in [1.807, 2.05) is 29.8 Å². The molecule has 0 bridgehead atoms. The maximum atomic E-state index is 11.5. The van der Waals surface area contributed by atoms with E-state index in [1.165, 1.54) is 0 Å². The van der Waals surface area contributed by atoms with Crippen LogP contribution in [0.3, 0.4) is 0 Å². The Kier molecular flexibility index (Phi) is 4.41. The number of hydrogen-bond acceptors (Lipinski definition) is 3. The van der Waals surface area contributed by atoms with Crippen LogP contribution in [0.15, 0.2) is 34.8 Å². The molecule has 1 heterocycles. The van der Waals surface area contributed by atoms with Gasteiger partial charge in [0.25, 0.3) is 0 Å². The van der Waals surface area contributed by atoms with E-state index in [0.717, 1.165) is 42.0 Å². The zero-order chi connectivity index (χ0) is 15.8. The third-order valence-electron chi connectivity index (χ3n) is 5.04. The Bertz CT molecular complexity index is 600. The summed E-state index contributed by atoms with van der Waals surface area (Å²) in [6.45, 7) is 5.17. The summed E-state index contributed by atoms with van der Waals surface area (Å²) in [5.74, 6) is 0. The van der Waals surface area contributed by atoms with E-state index in [4.69, 9.17) is 11.6 Å². The van der Waals surface area contributed by atoms with Crippen molar-refractivity contribution in [1.29, 1.82) is 0 Å². The first-order valence-corrected chi connectivity index (χ1v) is 9.06. The van der Waals surface area contributed by atoms with Crippen LogP contribution in [0.2, 0.25) is 5.02 Å². The van der Waals surface area contributed by atoms with Crippen molar-refractivity contribution in [3.05, 3.63) is 40.4 Å². The molecule has 118 valence electrons. The summed E-state index contributed by atoms with van der Waals surface area (Å²) in [5, 5.41) is 12.6. The van der Waals surface area contributed by atoms with Gasteiger partial charge in [0.15, 0.2) is 0 Å². The average molecular weight is 336 g/mol. The monoisotopic (exact) mass is 335 g/mol. The number of benzene rings is 1. The number of thioether (sulfide) groups is 1. The maximum Gasteiger partial charge on any atom is 0.0922 e. The normalized spacial score (nSPS) is 32.0. The minimum atomic E-state index is -0.752. The largest absolute Gasteiger partial charge is 0.385 e. The average Bonchev–Trinajstić information content (AvgIpc) is 3.04. The summed E-state index contributed by atoms with van der Waals surface area (Å²) in [7, 11) is 0. The maximum absolute atomic E-state index is 11.5. The lowest BCUT2D eigenvalue weighted by Crippen LogP contribution is -2.43. The highest BCUT2D eigenvalue weighted by atomic mass is 35.5. The molecule has 2 nitrogen and oxygen atoms in total.